The second-order valence-electron chi connectivity index (χ2n) is 8.39. The average Bonchev–Trinajstić information content (AvgIpc) is 3.19. The molecule has 0 aliphatic carbocycles. The molecule has 5 N–H and O–H groups in total. The van der Waals surface area contributed by atoms with E-state index in [0.717, 1.165) is 18.2 Å². The molecule has 1 aliphatic rings. The van der Waals surface area contributed by atoms with Crippen LogP contribution in [0.4, 0.5) is 4.39 Å². The molecule has 4 rings (SSSR count). The third kappa shape index (κ3) is 6.08. The predicted molar refractivity (Wildman–Crippen MR) is 137 cm³/mol. The highest BCUT2D eigenvalue weighted by atomic mass is 35.5. The Morgan fingerprint density at radius 3 is 2.29 bits per heavy atom. The number of rotatable bonds is 5. The van der Waals surface area contributed by atoms with Crippen LogP contribution in [0, 0.1) is 5.82 Å². The van der Waals surface area contributed by atoms with Gasteiger partial charge in [0.25, 0.3) is 0 Å². The number of phenols is 2. The number of aromatic hydroxyl groups is 2. The molecule has 38 heavy (non-hydrogen) atoms. The number of hydrogen-bond donors (Lipinski definition) is 5. The topological polar surface area (TPSA) is 169 Å². The normalized spacial score (nSPS) is 17.5. The van der Waals surface area contributed by atoms with Crippen molar-refractivity contribution >= 4 is 46.1 Å². The molecule has 0 saturated carbocycles. The summed E-state index contributed by atoms with van der Waals surface area (Å²) < 4.78 is 20.0. The Labute approximate surface area is 224 Å². The van der Waals surface area contributed by atoms with Crippen molar-refractivity contribution in [3.8, 4) is 22.8 Å². The van der Waals surface area contributed by atoms with Gasteiger partial charge in [0.05, 0.1) is 16.7 Å². The number of hydrogen-bond acceptors (Lipinski definition) is 8. The van der Waals surface area contributed by atoms with Gasteiger partial charge in [-0.25, -0.2) is 14.0 Å². The summed E-state index contributed by atoms with van der Waals surface area (Å²) in [7, 11) is 1.85. The lowest BCUT2D eigenvalue weighted by atomic mass is 9.89. The van der Waals surface area contributed by atoms with Gasteiger partial charge < -0.3 is 34.8 Å². The van der Waals surface area contributed by atoms with E-state index in [1.165, 1.54) is 6.07 Å². The van der Waals surface area contributed by atoms with Crippen LogP contribution in [-0.4, -0.2) is 68.6 Å². The van der Waals surface area contributed by atoms with E-state index in [9.17, 15) is 34.1 Å². The molecule has 2 atom stereocenters. The van der Waals surface area contributed by atoms with Crippen molar-refractivity contribution in [2.24, 2.45) is 0 Å². The summed E-state index contributed by atoms with van der Waals surface area (Å²) in [6.07, 6.45) is 1.71. The summed E-state index contributed by atoms with van der Waals surface area (Å²) in [5, 5.41) is 46.1. The summed E-state index contributed by atoms with van der Waals surface area (Å²) in [4.78, 5) is 33.9. The van der Waals surface area contributed by atoms with Crippen molar-refractivity contribution in [1.29, 1.82) is 0 Å². The van der Waals surface area contributed by atoms with E-state index >= 15 is 0 Å². The molecular formula is C25H22Cl2FNO9. The van der Waals surface area contributed by atoms with Crippen molar-refractivity contribution in [3.05, 3.63) is 68.1 Å². The highest BCUT2D eigenvalue weighted by Crippen LogP contribution is 2.44. The number of nitrogens with zero attached hydrogens (tertiary/aromatic N) is 1. The number of halogens is 3. The van der Waals surface area contributed by atoms with Gasteiger partial charge in [-0.1, -0.05) is 23.2 Å². The third-order valence-electron chi connectivity index (χ3n) is 6.02. The predicted octanol–water partition coefficient (Wildman–Crippen LogP) is 3.81. The molecule has 0 bridgehead atoms. The Kier molecular flexibility index (Phi) is 9.00. The van der Waals surface area contributed by atoms with Crippen LogP contribution in [0.15, 0.2) is 45.6 Å². The summed E-state index contributed by atoms with van der Waals surface area (Å²) >= 11 is 11.9. The van der Waals surface area contributed by atoms with Crippen LogP contribution in [0.3, 0.4) is 0 Å². The van der Waals surface area contributed by atoms with Crippen LogP contribution in [-0.2, 0) is 9.59 Å². The van der Waals surface area contributed by atoms with Crippen LogP contribution in [0.2, 0.25) is 10.0 Å². The minimum absolute atomic E-state index is 0.0276. The van der Waals surface area contributed by atoms with E-state index < -0.39 is 28.9 Å². The Hall–Kier alpha value is -3.64. The number of aliphatic carboxylic acids is 2. The number of likely N-dealkylation sites (tertiary alicyclic amines) is 1. The first kappa shape index (κ1) is 28.9. The number of carbonyl (C=O) groups is 2. The van der Waals surface area contributed by atoms with Crippen molar-refractivity contribution in [2.45, 2.75) is 18.4 Å². The van der Waals surface area contributed by atoms with Gasteiger partial charge in [-0.3, -0.25) is 4.79 Å². The first-order valence-corrected chi connectivity index (χ1v) is 11.7. The fourth-order valence-corrected chi connectivity index (χ4v) is 4.75. The minimum atomic E-state index is -1.26. The number of carboxylic acid groups (broad SMARTS) is 2. The first-order chi connectivity index (χ1) is 17.8. The molecule has 2 heterocycles. The summed E-state index contributed by atoms with van der Waals surface area (Å²) in [5.41, 5.74) is -0.201. The third-order valence-corrected chi connectivity index (χ3v) is 6.63. The fourth-order valence-electron chi connectivity index (χ4n) is 4.28. The lowest BCUT2D eigenvalue weighted by Crippen LogP contribution is -2.32. The fraction of sp³-hybridized carbons (Fsp3) is 0.240. The van der Waals surface area contributed by atoms with Gasteiger partial charge in [-0.15, -0.1) is 0 Å². The molecular weight excluding hydrogens is 548 g/mol. The maximum Gasteiger partial charge on any atom is 0.328 e. The maximum atomic E-state index is 14.0. The van der Waals surface area contributed by atoms with E-state index in [4.69, 9.17) is 37.8 Å². The second-order valence-corrected chi connectivity index (χ2v) is 9.20. The molecule has 1 saturated heterocycles. The van der Waals surface area contributed by atoms with Gasteiger partial charge in [0.15, 0.2) is 5.43 Å². The van der Waals surface area contributed by atoms with E-state index in [2.05, 4.69) is 0 Å². The molecule has 1 aromatic heterocycles. The number of aliphatic hydroxyl groups is 1. The summed E-state index contributed by atoms with van der Waals surface area (Å²) in [5.74, 6) is -4.33. The number of carboxylic acids is 2. The van der Waals surface area contributed by atoms with E-state index in [1.54, 1.807) is 0 Å². The zero-order valence-electron chi connectivity index (χ0n) is 19.7. The number of aliphatic hydroxyl groups excluding tert-OH is 1. The van der Waals surface area contributed by atoms with Gasteiger partial charge >= 0.3 is 11.9 Å². The molecule has 10 nitrogen and oxygen atoms in total. The molecule has 0 radical (unpaired) electrons. The van der Waals surface area contributed by atoms with E-state index in [1.807, 2.05) is 11.9 Å². The number of phenolic OH excluding ortho intramolecular Hbond substituents is 2. The zero-order chi connectivity index (χ0) is 28.3. The van der Waals surface area contributed by atoms with Crippen molar-refractivity contribution in [3.63, 3.8) is 0 Å². The SMILES string of the molecule is CN1CC[C@@H](c2c(O)cc(O)c3c(=O)cc(-c4cc(F)c(Cl)cc4Cl)oc23)[C@@H]1CO.O=C(O)/C=C\C(=O)O. The highest BCUT2D eigenvalue weighted by molar-refractivity contribution is 6.36. The number of likely N-dealkylation sites (N-methyl/N-ethyl adjacent to an activating group) is 1. The monoisotopic (exact) mass is 569 g/mol. The molecule has 2 aromatic carbocycles. The van der Waals surface area contributed by atoms with Gasteiger partial charge in [0.2, 0.25) is 0 Å². The molecule has 0 unspecified atom stereocenters. The Morgan fingerprint density at radius 2 is 1.71 bits per heavy atom. The summed E-state index contributed by atoms with van der Waals surface area (Å²) in [6.45, 7) is 0.497. The van der Waals surface area contributed by atoms with Crippen LogP contribution >= 0.6 is 23.2 Å². The van der Waals surface area contributed by atoms with Crippen LogP contribution < -0.4 is 5.43 Å². The largest absolute Gasteiger partial charge is 0.507 e. The van der Waals surface area contributed by atoms with Crippen LogP contribution in [0.5, 0.6) is 11.5 Å². The molecule has 1 fully saturated rings. The lowest BCUT2D eigenvalue weighted by Gasteiger charge is -2.24. The smallest absolute Gasteiger partial charge is 0.328 e. The average molecular weight is 570 g/mol. The minimum Gasteiger partial charge on any atom is -0.507 e. The van der Waals surface area contributed by atoms with E-state index in [-0.39, 0.29) is 56.7 Å². The van der Waals surface area contributed by atoms with Crippen LogP contribution in [0.1, 0.15) is 17.9 Å². The molecule has 0 spiro atoms. The quantitative estimate of drug-likeness (QED) is 0.225. The first-order valence-electron chi connectivity index (χ1n) is 11.0. The van der Waals surface area contributed by atoms with Crippen molar-refractivity contribution in [2.75, 3.05) is 20.2 Å². The standard InChI is InChI=1S/C21H18Cl2FNO5.C4H4O4/c1-25-3-2-9(14(25)8-26)19-15(27)6-16(28)20-17(29)7-18(30-21(19)20)10-4-13(24)12(23)5-11(10)22;5-3(6)1-2-4(7)8/h4-7,9,14,26-28H,2-3,8H2,1H3;1-2H,(H,5,6)(H,7,8)/b;2-1-/t9-,14+;/m1./s1. The van der Waals surface area contributed by atoms with Gasteiger partial charge in [0, 0.05) is 47.4 Å². The molecule has 3 aromatic rings. The number of benzene rings is 2. The summed E-state index contributed by atoms with van der Waals surface area (Å²) in [6, 6.07) is 4.13. The Bertz CT molecular complexity index is 1470. The zero-order valence-corrected chi connectivity index (χ0v) is 21.2. The van der Waals surface area contributed by atoms with Gasteiger partial charge in [-0.05, 0) is 32.1 Å². The van der Waals surface area contributed by atoms with E-state index in [0.29, 0.717) is 30.7 Å². The Balaban J connectivity index is 0.000000436. The molecule has 202 valence electrons. The van der Waals surface area contributed by atoms with Crippen molar-refractivity contribution < 1.29 is 43.9 Å². The molecule has 0 amide bonds. The molecule has 1 aliphatic heterocycles. The number of fused-ring (bicyclic) bond motifs is 1. The van der Waals surface area contributed by atoms with Crippen molar-refractivity contribution in [1.82, 2.24) is 4.90 Å². The lowest BCUT2D eigenvalue weighted by molar-refractivity contribution is -0.134. The molecule has 13 heteroatoms. The van der Waals surface area contributed by atoms with Crippen LogP contribution in [0.25, 0.3) is 22.3 Å². The Morgan fingerprint density at radius 1 is 1.08 bits per heavy atom. The second kappa shape index (κ2) is 11.8. The highest BCUT2D eigenvalue weighted by Gasteiger charge is 2.36. The van der Waals surface area contributed by atoms with Gasteiger partial charge in [-0.2, -0.15) is 0 Å². The van der Waals surface area contributed by atoms with Gasteiger partial charge in [0.1, 0.15) is 34.0 Å². The maximum absolute atomic E-state index is 14.0.